The highest BCUT2D eigenvalue weighted by Crippen LogP contribution is 2.22. The molecule has 0 aliphatic carbocycles. The van der Waals surface area contributed by atoms with Gasteiger partial charge in [-0.2, -0.15) is 4.98 Å². The fourth-order valence-electron chi connectivity index (χ4n) is 1.89. The number of primary amides is 1. The SMILES string of the molecule is CC(C)Oc1cccc(Nc2cc(NCCN)nnc2C(N)=O)n1. The van der Waals surface area contributed by atoms with Crippen molar-refractivity contribution < 1.29 is 9.53 Å². The van der Waals surface area contributed by atoms with E-state index in [4.69, 9.17) is 16.2 Å². The molecule has 24 heavy (non-hydrogen) atoms. The predicted octanol–water partition coefficient (Wildman–Crippen LogP) is 0.872. The highest BCUT2D eigenvalue weighted by Gasteiger charge is 2.13. The lowest BCUT2D eigenvalue weighted by molar-refractivity contribution is 0.0995. The number of ether oxygens (including phenoxy) is 1. The molecule has 1 amide bonds. The number of carbonyl (C=O) groups is 1. The Morgan fingerprint density at radius 1 is 1.29 bits per heavy atom. The van der Waals surface area contributed by atoms with Crippen molar-refractivity contribution in [2.24, 2.45) is 11.5 Å². The van der Waals surface area contributed by atoms with Gasteiger partial charge in [0, 0.05) is 25.2 Å². The van der Waals surface area contributed by atoms with Crippen molar-refractivity contribution >= 4 is 23.2 Å². The quantitative estimate of drug-likeness (QED) is 0.558. The van der Waals surface area contributed by atoms with E-state index in [1.807, 2.05) is 13.8 Å². The summed E-state index contributed by atoms with van der Waals surface area (Å²) in [6, 6.07) is 6.91. The highest BCUT2D eigenvalue weighted by atomic mass is 16.5. The monoisotopic (exact) mass is 331 g/mol. The number of hydrogen-bond donors (Lipinski definition) is 4. The molecule has 2 rings (SSSR count). The fourth-order valence-corrected chi connectivity index (χ4v) is 1.89. The summed E-state index contributed by atoms with van der Waals surface area (Å²) in [4.78, 5) is 15.9. The van der Waals surface area contributed by atoms with Crippen molar-refractivity contribution in [1.82, 2.24) is 15.2 Å². The van der Waals surface area contributed by atoms with Gasteiger partial charge in [-0.15, -0.1) is 10.2 Å². The summed E-state index contributed by atoms with van der Waals surface area (Å²) < 4.78 is 5.55. The first-order valence-corrected chi connectivity index (χ1v) is 7.51. The number of nitrogens with one attached hydrogen (secondary N) is 2. The molecule has 0 saturated heterocycles. The maximum Gasteiger partial charge on any atom is 0.271 e. The molecule has 0 saturated carbocycles. The van der Waals surface area contributed by atoms with Crippen LogP contribution in [0, 0.1) is 0 Å². The molecule has 6 N–H and O–H groups in total. The number of nitrogens with zero attached hydrogens (tertiary/aromatic N) is 3. The smallest absolute Gasteiger partial charge is 0.271 e. The first-order chi connectivity index (χ1) is 11.5. The normalized spacial score (nSPS) is 10.5. The lowest BCUT2D eigenvalue weighted by Crippen LogP contribution is -2.19. The summed E-state index contributed by atoms with van der Waals surface area (Å²) in [6.07, 6.45) is 0.00332. The van der Waals surface area contributed by atoms with E-state index in [0.717, 1.165) is 0 Å². The van der Waals surface area contributed by atoms with E-state index >= 15 is 0 Å². The lowest BCUT2D eigenvalue weighted by atomic mass is 10.3. The van der Waals surface area contributed by atoms with Crippen LogP contribution in [0.4, 0.5) is 17.3 Å². The molecule has 0 atom stereocenters. The second-order valence-electron chi connectivity index (χ2n) is 5.22. The molecule has 0 aromatic carbocycles. The predicted molar refractivity (Wildman–Crippen MR) is 91.4 cm³/mol. The minimum atomic E-state index is -0.690. The van der Waals surface area contributed by atoms with Gasteiger partial charge in [0.25, 0.3) is 5.91 Å². The van der Waals surface area contributed by atoms with Gasteiger partial charge in [-0.1, -0.05) is 6.07 Å². The summed E-state index contributed by atoms with van der Waals surface area (Å²) in [5.74, 6) is 0.750. The molecule has 2 aromatic rings. The topological polar surface area (TPSA) is 141 Å². The zero-order valence-electron chi connectivity index (χ0n) is 13.6. The Balaban J connectivity index is 2.27. The van der Waals surface area contributed by atoms with Crippen LogP contribution in [0.2, 0.25) is 0 Å². The summed E-state index contributed by atoms with van der Waals surface area (Å²) in [5.41, 5.74) is 11.2. The van der Waals surface area contributed by atoms with Crippen molar-refractivity contribution in [2.75, 3.05) is 23.7 Å². The summed E-state index contributed by atoms with van der Waals surface area (Å²) in [5, 5.41) is 13.7. The van der Waals surface area contributed by atoms with Crippen LogP contribution in [-0.2, 0) is 0 Å². The Morgan fingerprint density at radius 2 is 2.08 bits per heavy atom. The Hall–Kier alpha value is -2.94. The molecule has 0 radical (unpaired) electrons. The van der Waals surface area contributed by atoms with Crippen LogP contribution in [0.15, 0.2) is 24.3 Å². The molecule has 0 aliphatic rings. The molecule has 9 heteroatoms. The zero-order valence-corrected chi connectivity index (χ0v) is 13.6. The number of carbonyl (C=O) groups excluding carboxylic acids is 1. The molecule has 9 nitrogen and oxygen atoms in total. The van der Waals surface area contributed by atoms with E-state index < -0.39 is 5.91 Å². The number of nitrogens with two attached hydrogens (primary N) is 2. The Kier molecular flexibility index (Phi) is 5.85. The molecule has 0 spiro atoms. The molecular weight excluding hydrogens is 310 g/mol. The second kappa shape index (κ2) is 8.06. The molecule has 0 bridgehead atoms. The average molecular weight is 331 g/mol. The third kappa shape index (κ3) is 4.78. The first-order valence-electron chi connectivity index (χ1n) is 7.51. The standard InChI is InChI=1S/C15H21N7O2/c1-9(2)24-13-5-3-4-11(20-13)19-10-8-12(18-7-6-16)21-22-14(10)15(17)23/h3-5,8-9H,6-7,16H2,1-2H3,(H2,17,23)(H2,18,19,20,21). The van der Waals surface area contributed by atoms with Crippen LogP contribution < -0.4 is 26.8 Å². The Morgan fingerprint density at radius 3 is 2.75 bits per heavy atom. The van der Waals surface area contributed by atoms with Gasteiger partial charge in [-0.05, 0) is 19.9 Å². The van der Waals surface area contributed by atoms with Gasteiger partial charge in [0.1, 0.15) is 5.82 Å². The molecule has 128 valence electrons. The van der Waals surface area contributed by atoms with Gasteiger partial charge >= 0.3 is 0 Å². The third-order valence-electron chi connectivity index (χ3n) is 2.82. The number of rotatable bonds is 8. The van der Waals surface area contributed by atoms with Crippen molar-refractivity contribution in [2.45, 2.75) is 20.0 Å². The highest BCUT2D eigenvalue weighted by molar-refractivity contribution is 5.97. The molecule has 2 aromatic heterocycles. The van der Waals surface area contributed by atoms with E-state index in [2.05, 4.69) is 25.8 Å². The average Bonchev–Trinajstić information content (AvgIpc) is 2.52. The van der Waals surface area contributed by atoms with Gasteiger partial charge in [-0.25, -0.2) is 0 Å². The summed E-state index contributed by atoms with van der Waals surface area (Å²) >= 11 is 0. The zero-order chi connectivity index (χ0) is 17.5. The first kappa shape index (κ1) is 17.4. The Bertz CT molecular complexity index is 706. The van der Waals surface area contributed by atoms with E-state index in [0.29, 0.717) is 36.3 Å². The second-order valence-corrected chi connectivity index (χ2v) is 5.22. The molecule has 0 fully saturated rings. The number of aromatic nitrogens is 3. The summed E-state index contributed by atoms with van der Waals surface area (Å²) in [6.45, 7) is 4.79. The maximum atomic E-state index is 11.5. The lowest BCUT2D eigenvalue weighted by Gasteiger charge is -2.13. The summed E-state index contributed by atoms with van der Waals surface area (Å²) in [7, 11) is 0. The third-order valence-corrected chi connectivity index (χ3v) is 2.82. The molecule has 2 heterocycles. The van der Waals surface area contributed by atoms with Crippen molar-refractivity contribution in [1.29, 1.82) is 0 Å². The van der Waals surface area contributed by atoms with Crippen LogP contribution >= 0.6 is 0 Å². The number of amides is 1. The van der Waals surface area contributed by atoms with E-state index in [-0.39, 0.29) is 11.8 Å². The van der Waals surface area contributed by atoms with Crippen LogP contribution in [-0.4, -0.2) is 40.3 Å². The molecule has 0 unspecified atom stereocenters. The van der Waals surface area contributed by atoms with Crippen LogP contribution in [0.3, 0.4) is 0 Å². The largest absolute Gasteiger partial charge is 0.475 e. The van der Waals surface area contributed by atoms with E-state index in [1.54, 1.807) is 24.3 Å². The van der Waals surface area contributed by atoms with Crippen molar-refractivity contribution in [3.8, 4) is 5.88 Å². The fraction of sp³-hybridized carbons (Fsp3) is 0.333. The Labute approximate surface area is 139 Å². The van der Waals surface area contributed by atoms with E-state index in [9.17, 15) is 4.79 Å². The maximum absolute atomic E-state index is 11.5. The van der Waals surface area contributed by atoms with Gasteiger partial charge in [0.15, 0.2) is 11.5 Å². The van der Waals surface area contributed by atoms with Gasteiger partial charge in [-0.3, -0.25) is 4.79 Å². The van der Waals surface area contributed by atoms with Gasteiger partial charge in [0.05, 0.1) is 11.8 Å². The van der Waals surface area contributed by atoms with Crippen molar-refractivity contribution in [3.63, 3.8) is 0 Å². The molecular formula is C15H21N7O2. The minimum Gasteiger partial charge on any atom is -0.475 e. The van der Waals surface area contributed by atoms with Crippen LogP contribution in [0.25, 0.3) is 0 Å². The molecule has 0 aliphatic heterocycles. The van der Waals surface area contributed by atoms with Crippen molar-refractivity contribution in [3.05, 3.63) is 30.0 Å². The van der Waals surface area contributed by atoms with Gasteiger partial charge < -0.3 is 26.8 Å². The number of anilines is 3. The van der Waals surface area contributed by atoms with Gasteiger partial charge in [0.2, 0.25) is 5.88 Å². The van der Waals surface area contributed by atoms with Crippen LogP contribution in [0.5, 0.6) is 5.88 Å². The minimum absolute atomic E-state index is 0.00332. The number of hydrogen-bond acceptors (Lipinski definition) is 8. The van der Waals surface area contributed by atoms with Crippen LogP contribution in [0.1, 0.15) is 24.3 Å². The van der Waals surface area contributed by atoms with E-state index in [1.165, 1.54) is 0 Å². The number of pyridine rings is 1.